The van der Waals surface area contributed by atoms with E-state index in [1.54, 1.807) is 0 Å². The van der Waals surface area contributed by atoms with Crippen molar-refractivity contribution < 1.29 is 9.53 Å². The molecule has 1 unspecified atom stereocenters. The highest BCUT2D eigenvalue weighted by Gasteiger charge is 2.26. The zero-order chi connectivity index (χ0) is 13.8. The Balaban J connectivity index is 2.34. The largest absolute Gasteiger partial charge is 0.466 e. The summed E-state index contributed by atoms with van der Waals surface area (Å²) in [4.78, 5) is 12.0. The molecular weight excluding hydrogens is 260 g/mol. The van der Waals surface area contributed by atoms with Crippen molar-refractivity contribution in [3.8, 4) is 0 Å². The maximum atomic E-state index is 12.0. The van der Waals surface area contributed by atoms with Gasteiger partial charge in [-0.1, -0.05) is 47.5 Å². The summed E-state index contributed by atoms with van der Waals surface area (Å²) in [5, 5.41) is 0.677. The third-order valence-corrected chi connectivity index (χ3v) is 3.44. The van der Waals surface area contributed by atoms with Crippen LogP contribution in [0.5, 0.6) is 0 Å². The van der Waals surface area contributed by atoms with Gasteiger partial charge in [-0.2, -0.15) is 0 Å². The first kappa shape index (κ1) is 13.9. The molecule has 1 aliphatic carbocycles. The zero-order valence-corrected chi connectivity index (χ0v) is 11.9. The minimum absolute atomic E-state index is 0.185. The molecule has 0 heterocycles. The van der Waals surface area contributed by atoms with Crippen molar-refractivity contribution in [1.82, 2.24) is 0 Å². The Labute approximate surface area is 118 Å². The van der Waals surface area contributed by atoms with Gasteiger partial charge in [0.05, 0.1) is 12.5 Å². The quantitative estimate of drug-likeness (QED) is 0.778. The number of benzene rings is 1. The van der Waals surface area contributed by atoms with E-state index < -0.39 is 0 Å². The van der Waals surface area contributed by atoms with E-state index in [2.05, 4.69) is 0 Å². The lowest BCUT2D eigenvalue weighted by Crippen LogP contribution is -2.20. The molecule has 0 aromatic heterocycles. The normalized spacial score (nSPS) is 18.6. The summed E-state index contributed by atoms with van der Waals surface area (Å²) in [6.07, 6.45) is 4.31. The van der Waals surface area contributed by atoms with E-state index in [9.17, 15) is 4.79 Å². The van der Waals surface area contributed by atoms with Crippen LogP contribution in [-0.4, -0.2) is 12.6 Å². The maximum Gasteiger partial charge on any atom is 0.313 e. The van der Waals surface area contributed by atoms with E-state index in [-0.39, 0.29) is 11.9 Å². The lowest BCUT2D eigenvalue weighted by molar-refractivity contribution is -0.145. The van der Waals surface area contributed by atoms with Gasteiger partial charge >= 0.3 is 5.97 Å². The monoisotopic (exact) mass is 276 g/mol. The van der Waals surface area contributed by atoms with E-state index in [0.29, 0.717) is 18.1 Å². The number of esters is 1. The standard InChI is InChI=1S/C16H17ClO2/c1-3-19-16(18)14-9-8-13(17)10-15(14)12-6-4-11(2)5-7-12/h4-8,10,14H,3,9H2,1-2H3. The fourth-order valence-electron chi connectivity index (χ4n) is 2.16. The molecule has 0 radical (unpaired) electrons. The van der Waals surface area contributed by atoms with Crippen LogP contribution in [0.15, 0.2) is 41.4 Å². The molecule has 0 saturated carbocycles. The molecule has 1 aliphatic rings. The SMILES string of the molecule is CCOC(=O)C1CC=C(Cl)C=C1c1ccc(C)cc1. The second-order valence-electron chi connectivity index (χ2n) is 4.60. The number of aryl methyl sites for hydroxylation is 1. The van der Waals surface area contributed by atoms with Gasteiger partial charge in [0.15, 0.2) is 0 Å². The predicted octanol–water partition coefficient (Wildman–Crippen LogP) is 4.08. The summed E-state index contributed by atoms with van der Waals surface area (Å²) in [6.45, 7) is 4.25. The Bertz CT molecular complexity index is 526. The van der Waals surface area contributed by atoms with Crippen LogP contribution in [-0.2, 0) is 9.53 Å². The molecule has 100 valence electrons. The highest BCUT2D eigenvalue weighted by atomic mass is 35.5. The van der Waals surface area contributed by atoms with Crippen LogP contribution in [0.25, 0.3) is 5.57 Å². The average Bonchev–Trinajstić information content (AvgIpc) is 2.39. The van der Waals surface area contributed by atoms with Gasteiger partial charge in [-0.15, -0.1) is 0 Å². The molecule has 0 saturated heterocycles. The van der Waals surface area contributed by atoms with Gasteiger partial charge in [0.25, 0.3) is 0 Å². The summed E-state index contributed by atoms with van der Waals surface area (Å²) in [7, 11) is 0. The van der Waals surface area contributed by atoms with Crippen molar-refractivity contribution >= 4 is 23.1 Å². The minimum atomic E-state index is -0.259. The molecule has 3 heteroatoms. The Kier molecular flexibility index (Phi) is 4.43. The molecule has 1 aromatic carbocycles. The molecule has 0 aliphatic heterocycles. The third-order valence-electron chi connectivity index (χ3n) is 3.17. The van der Waals surface area contributed by atoms with E-state index in [4.69, 9.17) is 16.3 Å². The molecule has 2 nitrogen and oxygen atoms in total. The number of carbonyl (C=O) groups is 1. The molecular formula is C16H17ClO2. The van der Waals surface area contributed by atoms with Gasteiger partial charge in [0, 0.05) is 5.03 Å². The Morgan fingerprint density at radius 3 is 2.68 bits per heavy atom. The third kappa shape index (κ3) is 3.27. The summed E-state index contributed by atoms with van der Waals surface area (Å²) >= 11 is 6.07. The van der Waals surface area contributed by atoms with Gasteiger partial charge in [0.1, 0.15) is 0 Å². The first-order chi connectivity index (χ1) is 9.11. The zero-order valence-electron chi connectivity index (χ0n) is 11.2. The lowest BCUT2D eigenvalue weighted by Gasteiger charge is -2.21. The van der Waals surface area contributed by atoms with Crippen LogP contribution in [0.4, 0.5) is 0 Å². The second kappa shape index (κ2) is 6.07. The van der Waals surface area contributed by atoms with E-state index in [1.165, 1.54) is 5.56 Å². The molecule has 0 fully saturated rings. The number of allylic oxidation sites excluding steroid dienone is 3. The summed E-state index contributed by atoms with van der Waals surface area (Å²) in [6, 6.07) is 8.10. The van der Waals surface area contributed by atoms with Crippen molar-refractivity contribution in [2.45, 2.75) is 20.3 Å². The molecule has 2 rings (SSSR count). The van der Waals surface area contributed by atoms with Gasteiger partial charge < -0.3 is 4.74 Å². The first-order valence-electron chi connectivity index (χ1n) is 6.42. The Morgan fingerprint density at radius 1 is 1.37 bits per heavy atom. The first-order valence-corrected chi connectivity index (χ1v) is 6.80. The summed E-state index contributed by atoms with van der Waals surface area (Å²) < 4.78 is 5.14. The molecule has 0 amide bonds. The van der Waals surface area contributed by atoms with Crippen LogP contribution >= 0.6 is 11.6 Å². The van der Waals surface area contributed by atoms with Crippen molar-refractivity contribution in [2.75, 3.05) is 6.61 Å². The van der Waals surface area contributed by atoms with Gasteiger partial charge in [-0.25, -0.2) is 0 Å². The number of ether oxygens (including phenoxy) is 1. The van der Waals surface area contributed by atoms with E-state index in [1.807, 2.05) is 50.3 Å². The maximum absolute atomic E-state index is 12.0. The number of hydrogen-bond acceptors (Lipinski definition) is 2. The van der Waals surface area contributed by atoms with Crippen molar-refractivity contribution in [3.05, 3.63) is 52.6 Å². The summed E-state index contributed by atoms with van der Waals surface area (Å²) in [5.41, 5.74) is 3.15. The topological polar surface area (TPSA) is 26.3 Å². The number of rotatable bonds is 3. The molecule has 1 aromatic rings. The predicted molar refractivity (Wildman–Crippen MR) is 77.8 cm³/mol. The van der Waals surface area contributed by atoms with Crippen molar-refractivity contribution in [2.24, 2.45) is 5.92 Å². The fourth-order valence-corrected chi connectivity index (χ4v) is 2.37. The Hall–Kier alpha value is -1.54. The van der Waals surface area contributed by atoms with Crippen LogP contribution in [0.1, 0.15) is 24.5 Å². The van der Waals surface area contributed by atoms with Crippen molar-refractivity contribution in [1.29, 1.82) is 0 Å². The Morgan fingerprint density at radius 2 is 2.05 bits per heavy atom. The summed E-state index contributed by atoms with van der Waals surface area (Å²) in [5.74, 6) is -0.445. The lowest BCUT2D eigenvalue weighted by atomic mass is 9.86. The number of hydrogen-bond donors (Lipinski definition) is 0. The van der Waals surface area contributed by atoms with Gasteiger partial charge in [-0.3, -0.25) is 4.79 Å². The van der Waals surface area contributed by atoms with Crippen molar-refractivity contribution in [3.63, 3.8) is 0 Å². The smallest absolute Gasteiger partial charge is 0.313 e. The molecule has 1 atom stereocenters. The minimum Gasteiger partial charge on any atom is -0.466 e. The molecule has 0 spiro atoms. The molecule has 19 heavy (non-hydrogen) atoms. The van der Waals surface area contributed by atoms with Crippen LogP contribution < -0.4 is 0 Å². The number of halogens is 1. The fraction of sp³-hybridized carbons (Fsp3) is 0.312. The van der Waals surface area contributed by atoms with Crippen LogP contribution in [0.2, 0.25) is 0 Å². The average molecular weight is 277 g/mol. The highest BCUT2D eigenvalue weighted by Crippen LogP contribution is 2.34. The molecule has 0 bridgehead atoms. The van der Waals surface area contributed by atoms with E-state index in [0.717, 1.165) is 11.1 Å². The van der Waals surface area contributed by atoms with Crippen LogP contribution in [0.3, 0.4) is 0 Å². The van der Waals surface area contributed by atoms with E-state index >= 15 is 0 Å². The highest BCUT2D eigenvalue weighted by molar-refractivity contribution is 6.32. The second-order valence-corrected chi connectivity index (χ2v) is 5.03. The van der Waals surface area contributed by atoms with Gasteiger partial charge in [0.2, 0.25) is 0 Å². The van der Waals surface area contributed by atoms with Gasteiger partial charge in [-0.05, 0) is 37.5 Å². The molecule has 0 N–H and O–H groups in total. The van der Waals surface area contributed by atoms with Crippen LogP contribution in [0, 0.1) is 12.8 Å². The number of carbonyl (C=O) groups excluding carboxylic acids is 1.